The highest BCUT2D eigenvalue weighted by Crippen LogP contribution is 2.26. The zero-order valence-electron chi connectivity index (χ0n) is 10.4. The molecule has 2 rings (SSSR count). The Bertz CT molecular complexity index is 514. The minimum Gasteiger partial charge on any atom is -0.391 e. The fourth-order valence-corrected chi connectivity index (χ4v) is 2.20. The van der Waals surface area contributed by atoms with Crippen molar-refractivity contribution in [2.24, 2.45) is 0 Å². The molecule has 1 N–H and O–H groups in total. The zero-order chi connectivity index (χ0) is 13.0. The molecule has 0 unspecified atom stereocenters. The number of thioether (sulfide) groups is 1. The molecule has 0 fully saturated rings. The van der Waals surface area contributed by atoms with Gasteiger partial charge in [-0.05, 0) is 24.8 Å². The number of hydrogen-bond acceptors (Lipinski definition) is 5. The van der Waals surface area contributed by atoms with Crippen LogP contribution in [-0.2, 0) is 6.54 Å². The normalized spacial score (nSPS) is 12.6. The van der Waals surface area contributed by atoms with Gasteiger partial charge in [-0.1, -0.05) is 6.92 Å². The molecule has 2 aromatic rings. The van der Waals surface area contributed by atoms with Gasteiger partial charge in [-0.2, -0.15) is 5.10 Å². The summed E-state index contributed by atoms with van der Waals surface area (Å²) in [7, 11) is 0. The summed E-state index contributed by atoms with van der Waals surface area (Å²) in [6.45, 7) is 2.40. The van der Waals surface area contributed by atoms with Crippen LogP contribution in [0.4, 0.5) is 0 Å². The van der Waals surface area contributed by atoms with Crippen molar-refractivity contribution >= 4 is 11.8 Å². The molecule has 6 heteroatoms. The van der Waals surface area contributed by atoms with Gasteiger partial charge >= 0.3 is 0 Å². The van der Waals surface area contributed by atoms with E-state index >= 15 is 0 Å². The Morgan fingerprint density at radius 1 is 1.44 bits per heavy atom. The molecule has 2 heterocycles. The molecule has 5 nitrogen and oxygen atoms in total. The third-order valence-corrected chi connectivity index (χ3v) is 3.39. The largest absolute Gasteiger partial charge is 0.391 e. The van der Waals surface area contributed by atoms with E-state index in [9.17, 15) is 5.11 Å². The van der Waals surface area contributed by atoms with Crippen LogP contribution in [0.1, 0.15) is 13.3 Å². The van der Waals surface area contributed by atoms with Gasteiger partial charge in [-0.3, -0.25) is 0 Å². The Labute approximate surface area is 110 Å². The maximum Gasteiger partial charge on any atom is 0.160 e. The van der Waals surface area contributed by atoms with E-state index in [1.807, 2.05) is 25.3 Å². The van der Waals surface area contributed by atoms with E-state index in [2.05, 4.69) is 15.1 Å². The van der Waals surface area contributed by atoms with Crippen LogP contribution in [0.5, 0.6) is 0 Å². The molecule has 0 bridgehead atoms. The lowest BCUT2D eigenvalue weighted by Gasteiger charge is -2.11. The minimum absolute atomic E-state index is 0.403. The number of aliphatic hydroxyl groups is 1. The zero-order valence-corrected chi connectivity index (χ0v) is 11.3. The van der Waals surface area contributed by atoms with Gasteiger partial charge in [0.1, 0.15) is 11.4 Å². The van der Waals surface area contributed by atoms with Crippen LogP contribution in [0, 0.1) is 0 Å². The second-order valence-corrected chi connectivity index (χ2v) is 4.68. The minimum atomic E-state index is -0.403. The standard InChI is InChI=1S/C12H16N4OS/c1-3-9(17)7-16-11(14-8-15-16)10-5-4-6-13-12(10)18-2/h4-6,8-9,17H,3,7H2,1-2H3/t9-/m1/s1. The van der Waals surface area contributed by atoms with Gasteiger partial charge in [-0.15, -0.1) is 11.8 Å². The summed E-state index contributed by atoms with van der Waals surface area (Å²) >= 11 is 1.57. The number of aromatic nitrogens is 4. The van der Waals surface area contributed by atoms with Crippen molar-refractivity contribution in [1.29, 1.82) is 0 Å². The van der Waals surface area contributed by atoms with Gasteiger partial charge in [0.25, 0.3) is 0 Å². The smallest absolute Gasteiger partial charge is 0.160 e. The first-order chi connectivity index (χ1) is 8.76. The second kappa shape index (κ2) is 5.97. The Hall–Kier alpha value is -1.40. The van der Waals surface area contributed by atoms with Crippen molar-refractivity contribution in [2.45, 2.75) is 31.0 Å². The number of nitrogens with zero attached hydrogens (tertiary/aromatic N) is 4. The van der Waals surface area contributed by atoms with Crippen LogP contribution in [-0.4, -0.2) is 37.2 Å². The van der Waals surface area contributed by atoms with Gasteiger partial charge in [0.15, 0.2) is 5.82 Å². The van der Waals surface area contributed by atoms with Gasteiger partial charge < -0.3 is 5.11 Å². The van der Waals surface area contributed by atoms with Crippen molar-refractivity contribution in [3.63, 3.8) is 0 Å². The summed E-state index contributed by atoms with van der Waals surface area (Å²) in [6, 6.07) is 3.85. The Morgan fingerprint density at radius 3 is 3.00 bits per heavy atom. The van der Waals surface area contributed by atoms with E-state index < -0.39 is 6.10 Å². The van der Waals surface area contributed by atoms with Gasteiger partial charge in [-0.25, -0.2) is 14.6 Å². The molecule has 0 radical (unpaired) electrons. The van der Waals surface area contributed by atoms with E-state index in [1.165, 1.54) is 6.33 Å². The summed E-state index contributed by atoms with van der Waals surface area (Å²) in [4.78, 5) is 8.58. The first-order valence-electron chi connectivity index (χ1n) is 5.81. The summed E-state index contributed by atoms with van der Waals surface area (Å²) in [5.74, 6) is 0.750. The van der Waals surface area contributed by atoms with Crippen molar-refractivity contribution in [1.82, 2.24) is 19.7 Å². The summed E-state index contributed by atoms with van der Waals surface area (Å²) < 4.78 is 1.73. The first kappa shape index (κ1) is 13.0. The maximum absolute atomic E-state index is 9.72. The molecular weight excluding hydrogens is 248 g/mol. The van der Waals surface area contributed by atoms with Crippen molar-refractivity contribution in [3.05, 3.63) is 24.7 Å². The average Bonchev–Trinajstić information content (AvgIpc) is 2.86. The predicted molar refractivity (Wildman–Crippen MR) is 71.3 cm³/mol. The Kier molecular flexibility index (Phi) is 4.33. The van der Waals surface area contributed by atoms with Crippen molar-refractivity contribution < 1.29 is 5.11 Å². The van der Waals surface area contributed by atoms with E-state index in [0.717, 1.165) is 16.4 Å². The van der Waals surface area contributed by atoms with Crippen LogP contribution in [0.25, 0.3) is 11.4 Å². The van der Waals surface area contributed by atoms with Gasteiger partial charge in [0, 0.05) is 6.20 Å². The van der Waals surface area contributed by atoms with Crippen LogP contribution in [0.15, 0.2) is 29.7 Å². The molecule has 0 saturated heterocycles. The third-order valence-electron chi connectivity index (χ3n) is 2.68. The van der Waals surface area contributed by atoms with Crippen molar-refractivity contribution in [3.8, 4) is 11.4 Å². The Balaban J connectivity index is 2.36. The fraction of sp³-hybridized carbons (Fsp3) is 0.417. The molecule has 1 atom stereocenters. The maximum atomic E-state index is 9.72. The number of aliphatic hydroxyl groups excluding tert-OH is 1. The molecule has 0 aromatic carbocycles. The molecule has 0 saturated carbocycles. The lowest BCUT2D eigenvalue weighted by Crippen LogP contribution is -2.16. The highest BCUT2D eigenvalue weighted by Gasteiger charge is 2.14. The van der Waals surface area contributed by atoms with E-state index in [1.54, 1.807) is 22.6 Å². The molecule has 18 heavy (non-hydrogen) atoms. The highest BCUT2D eigenvalue weighted by atomic mass is 32.2. The second-order valence-electron chi connectivity index (χ2n) is 3.89. The van der Waals surface area contributed by atoms with Crippen molar-refractivity contribution in [2.75, 3.05) is 6.26 Å². The van der Waals surface area contributed by atoms with E-state index in [4.69, 9.17) is 0 Å². The van der Waals surface area contributed by atoms with Crippen LogP contribution in [0.2, 0.25) is 0 Å². The molecule has 0 aliphatic heterocycles. The quantitative estimate of drug-likeness (QED) is 0.835. The summed E-state index contributed by atoms with van der Waals surface area (Å²) in [5.41, 5.74) is 0.950. The third kappa shape index (κ3) is 2.70. The molecule has 0 amide bonds. The molecular formula is C12H16N4OS. The lowest BCUT2D eigenvalue weighted by atomic mass is 10.2. The lowest BCUT2D eigenvalue weighted by molar-refractivity contribution is 0.146. The van der Waals surface area contributed by atoms with Gasteiger partial charge in [0.2, 0.25) is 0 Å². The van der Waals surface area contributed by atoms with E-state index in [-0.39, 0.29) is 0 Å². The molecule has 0 aliphatic rings. The molecule has 96 valence electrons. The first-order valence-corrected chi connectivity index (χ1v) is 7.04. The van der Waals surface area contributed by atoms with Gasteiger partial charge in [0.05, 0.1) is 18.2 Å². The van der Waals surface area contributed by atoms with Crippen LogP contribution < -0.4 is 0 Å². The number of pyridine rings is 1. The van der Waals surface area contributed by atoms with Crippen LogP contribution in [0.3, 0.4) is 0 Å². The van der Waals surface area contributed by atoms with Crippen LogP contribution >= 0.6 is 11.8 Å². The summed E-state index contributed by atoms with van der Waals surface area (Å²) in [6.07, 6.45) is 5.54. The molecule has 0 aliphatic carbocycles. The van der Waals surface area contributed by atoms with E-state index in [0.29, 0.717) is 13.0 Å². The topological polar surface area (TPSA) is 63.8 Å². The fourth-order valence-electron chi connectivity index (χ4n) is 1.66. The number of hydrogen-bond donors (Lipinski definition) is 1. The SMILES string of the molecule is CC[C@@H](O)Cn1ncnc1-c1cccnc1SC. The molecule has 0 spiro atoms. The molecule has 2 aromatic heterocycles. The highest BCUT2D eigenvalue weighted by molar-refractivity contribution is 7.98. The monoisotopic (exact) mass is 264 g/mol. The Morgan fingerprint density at radius 2 is 2.28 bits per heavy atom. The average molecular weight is 264 g/mol. The number of rotatable bonds is 5. The predicted octanol–water partition coefficient (Wildman–Crippen LogP) is 1.83. The summed E-state index contributed by atoms with van der Waals surface area (Å²) in [5, 5.41) is 14.8.